The summed E-state index contributed by atoms with van der Waals surface area (Å²) in [6.07, 6.45) is 19.2. The Kier molecular flexibility index (Phi) is 7.72. The summed E-state index contributed by atoms with van der Waals surface area (Å²) in [4.78, 5) is 2.58. The number of likely N-dealkylation sites (tertiary alicyclic amines) is 1. The molecule has 0 aromatic heterocycles. The van der Waals surface area contributed by atoms with Crippen LogP contribution in [0, 0.1) is 5.41 Å². The number of rotatable bonds is 6. The van der Waals surface area contributed by atoms with Crippen molar-refractivity contribution in [2.24, 2.45) is 5.41 Å². The number of piperidine rings is 1. The van der Waals surface area contributed by atoms with Gasteiger partial charge in [0, 0.05) is 6.54 Å². The Morgan fingerprint density at radius 3 is 2.41 bits per heavy atom. The minimum atomic E-state index is 0.310. The van der Waals surface area contributed by atoms with Crippen molar-refractivity contribution in [1.29, 1.82) is 0 Å². The highest BCUT2D eigenvalue weighted by Gasteiger charge is 2.26. The third-order valence-electron chi connectivity index (χ3n) is 6.54. The second-order valence-electron chi connectivity index (χ2n) is 9.61. The smallest absolute Gasteiger partial charge is 0.0233 e. The number of hydrogen-bond acceptors (Lipinski definition) is 1. The highest BCUT2D eigenvalue weighted by Crippen LogP contribution is 2.40. The van der Waals surface area contributed by atoms with Crippen LogP contribution in [0.1, 0.15) is 77.3 Å². The normalized spacial score (nSPS) is 21.4. The standard InChI is InChI=1S/C28H39N/c1-23(13-18-27-24(2)11-9-19-28(27,3)4)10-8-12-25-14-16-26(17-15-25)22-29-20-6-5-7-21-29/h8,10,12-18H,5-7,9,11,19-22H2,1-4H3/b12-8+,18-13+,23-10+. The summed E-state index contributed by atoms with van der Waals surface area (Å²) in [6.45, 7) is 12.9. The number of nitrogens with zero attached hydrogens (tertiary/aromatic N) is 1. The number of hydrogen-bond donors (Lipinski definition) is 0. The molecule has 1 aromatic carbocycles. The van der Waals surface area contributed by atoms with Gasteiger partial charge in [0.1, 0.15) is 0 Å². The van der Waals surface area contributed by atoms with Crippen molar-refractivity contribution in [2.45, 2.75) is 72.8 Å². The first-order valence-corrected chi connectivity index (χ1v) is 11.5. The molecule has 2 aliphatic rings. The van der Waals surface area contributed by atoms with Crippen molar-refractivity contribution in [3.05, 3.63) is 76.4 Å². The predicted octanol–water partition coefficient (Wildman–Crippen LogP) is 7.71. The summed E-state index contributed by atoms with van der Waals surface area (Å²) in [5.74, 6) is 0. The lowest BCUT2D eigenvalue weighted by molar-refractivity contribution is 0.221. The molecule has 1 heteroatoms. The average Bonchev–Trinajstić information content (AvgIpc) is 2.69. The lowest BCUT2D eigenvalue weighted by atomic mass is 9.72. The fourth-order valence-electron chi connectivity index (χ4n) is 4.70. The zero-order valence-electron chi connectivity index (χ0n) is 19.0. The molecule has 1 heterocycles. The van der Waals surface area contributed by atoms with Gasteiger partial charge in [0.05, 0.1) is 0 Å². The minimum Gasteiger partial charge on any atom is -0.299 e. The second kappa shape index (κ2) is 10.3. The Morgan fingerprint density at radius 2 is 1.72 bits per heavy atom. The first-order chi connectivity index (χ1) is 13.9. The van der Waals surface area contributed by atoms with E-state index in [1.165, 1.54) is 73.9 Å². The molecule has 0 atom stereocenters. The van der Waals surface area contributed by atoms with Crippen LogP contribution in [-0.2, 0) is 6.54 Å². The zero-order valence-corrected chi connectivity index (χ0v) is 19.0. The summed E-state index contributed by atoms with van der Waals surface area (Å²) in [7, 11) is 0. The largest absolute Gasteiger partial charge is 0.299 e. The van der Waals surface area contributed by atoms with Crippen LogP contribution in [0.5, 0.6) is 0 Å². The number of benzene rings is 1. The number of allylic oxidation sites excluding steroid dienone is 7. The highest BCUT2D eigenvalue weighted by atomic mass is 15.1. The van der Waals surface area contributed by atoms with Crippen LogP contribution in [0.25, 0.3) is 6.08 Å². The molecule has 1 aliphatic heterocycles. The topological polar surface area (TPSA) is 3.24 Å². The molecule has 29 heavy (non-hydrogen) atoms. The summed E-state index contributed by atoms with van der Waals surface area (Å²) < 4.78 is 0. The Hall–Kier alpha value is -1.86. The van der Waals surface area contributed by atoms with Crippen LogP contribution < -0.4 is 0 Å². The molecular formula is C28H39N. The summed E-state index contributed by atoms with van der Waals surface area (Å²) in [5, 5.41) is 0. The van der Waals surface area contributed by atoms with Crippen LogP contribution in [0.3, 0.4) is 0 Å². The zero-order chi connectivity index (χ0) is 20.7. The van der Waals surface area contributed by atoms with Gasteiger partial charge in [-0.15, -0.1) is 0 Å². The van der Waals surface area contributed by atoms with E-state index in [0.717, 1.165) is 6.54 Å². The predicted molar refractivity (Wildman–Crippen MR) is 128 cm³/mol. The summed E-state index contributed by atoms with van der Waals surface area (Å²) >= 11 is 0. The van der Waals surface area contributed by atoms with Crippen LogP contribution in [0.4, 0.5) is 0 Å². The maximum atomic E-state index is 2.58. The van der Waals surface area contributed by atoms with Crippen LogP contribution in [-0.4, -0.2) is 18.0 Å². The molecule has 0 radical (unpaired) electrons. The van der Waals surface area contributed by atoms with E-state index in [1.807, 2.05) is 0 Å². The van der Waals surface area contributed by atoms with Crippen molar-refractivity contribution in [1.82, 2.24) is 4.90 Å². The quantitative estimate of drug-likeness (QED) is 0.450. The van der Waals surface area contributed by atoms with E-state index in [4.69, 9.17) is 0 Å². The van der Waals surface area contributed by atoms with Gasteiger partial charge in [0.15, 0.2) is 0 Å². The van der Waals surface area contributed by atoms with E-state index < -0.39 is 0 Å². The highest BCUT2D eigenvalue weighted by molar-refractivity contribution is 5.52. The Labute approximate surface area is 178 Å². The van der Waals surface area contributed by atoms with Crippen molar-refractivity contribution in [2.75, 3.05) is 13.1 Å². The average molecular weight is 390 g/mol. The van der Waals surface area contributed by atoms with E-state index >= 15 is 0 Å². The first-order valence-electron chi connectivity index (χ1n) is 11.5. The molecule has 0 N–H and O–H groups in total. The van der Waals surface area contributed by atoms with Gasteiger partial charge in [-0.2, -0.15) is 0 Å². The summed E-state index contributed by atoms with van der Waals surface area (Å²) in [6, 6.07) is 9.05. The monoisotopic (exact) mass is 389 g/mol. The molecule has 0 spiro atoms. The van der Waals surface area contributed by atoms with Gasteiger partial charge in [0.25, 0.3) is 0 Å². The fraction of sp³-hybridized carbons (Fsp3) is 0.500. The Bertz CT molecular complexity index is 780. The van der Waals surface area contributed by atoms with Crippen molar-refractivity contribution in [3.63, 3.8) is 0 Å². The molecule has 0 bridgehead atoms. The van der Waals surface area contributed by atoms with Crippen LogP contribution in [0.15, 0.2) is 65.3 Å². The third kappa shape index (κ3) is 6.57. The van der Waals surface area contributed by atoms with E-state index in [-0.39, 0.29) is 0 Å². The molecule has 0 amide bonds. The van der Waals surface area contributed by atoms with Crippen molar-refractivity contribution >= 4 is 6.08 Å². The van der Waals surface area contributed by atoms with Gasteiger partial charge in [-0.3, -0.25) is 4.90 Å². The SMILES string of the molecule is CC1=C(/C=C/C(C)=C/C=C/c2ccc(CN3CCCCC3)cc2)C(C)(C)CCC1. The molecule has 1 aliphatic carbocycles. The molecule has 156 valence electrons. The molecular weight excluding hydrogens is 350 g/mol. The maximum absolute atomic E-state index is 2.58. The fourth-order valence-corrected chi connectivity index (χ4v) is 4.70. The van der Waals surface area contributed by atoms with Gasteiger partial charge >= 0.3 is 0 Å². The Balaban J connectivity index is 1.56. The third-order valence-corrected chi connectivity index (χ3v) is 6.54. The molecule has 1 aromatic rings. The van der Waals surface area contributed by atoms with E-state index in [1.54, 1.807) is 5.57 Å². The maximum Gasteiger partial charge on any atom is 0.0233 e. The molecule has 0 unspecified atom stereocenters. The molecule has 3 rings (SSSR count). The lowest BCUT2D eigenvalue weighted by Crippen LogP contribution is -2.28. The van der Waals surface area contributed by atoms with Gasteiger partial charge in [0.2, 0.25) is 0 Å². The summed E-state index contributed by atoms with van der Waals surface area (Å²) in [5.41, 5.74) is 7.40. The van der Waals surface area contributed by atoms with E-state index in [0.29, 0.717) is 5.41 Å². The van der Waals surface area contributed by atoms with Gasteiger partial charge in [-0.1, -0.05) is 86.1 Å². The van der Waals surface area contributed by atoms with Crippen LogP contribution in [0.2, 0.25) is 0 Å². The minimum absolute atomic E-state index is 0.310. The van der Waals surface area contributed by atoms with Crippen molar-refractivity contribution < 1.29 is 0 Å². The van der Waals surface area contributed by atoms with Gasteiger partial charge in [-0.05, 0) is 81.2 Å². The van der Waals surface area contributed by atoms with Gasteiger partial charge in [-0.25, -0.2) is 0 Å². The van der Waals surface area contributed by atoms with E-state index in [2.05, 4.69) is 87.2 Å². The van der Waals surface area contributed by atoms with Crippen molar-refractivity contribution in [3.8, 4) is 0 Å². The van der Waals surface area contributed by atoms with Gasteiger partial charge < -0.3 is 0 Å². The van der Waals surface area contributed by atoms with E-state index in [9.17, 15) is 0 Å². The van der Waals surface area contributed by atoms with Crippen LogP contribution >= 0.6 is 0 Å². The molecule has 1 fully saturated rings. The molecule has 0 saturated carbocycles. The lowest BCUT2D eigenvalue weighted by Gasteiger charge is -2.32. The Morgan fingerprint density at radius 1 is 1.00 bits per heavy atom. The molecule has 1 nitrogen and oxygen atoms in total. The second-order valence-corrected chi connectivity index (χ2v) is 9.61. The first kappa shape index (κ1) is 21.8. The molecule has 1 saturated heterocycles.